The number of nitrogens with one attached hydrogen (secondary N) is 1. The summed E-state index contributed by atoms with van der Waals surface area (Å²) in [6.45, 7) is 6.99. The highest BCUT2D eigenvalue weighted by Crippen LogP contribution is 2.51. The molecule has 5 heteroatoms. The van der Waals surface area contributed by atoms with Crippen LogP contribution in [0.15, 0.2) is 18.2 Å². The summed E-state index contributed by atoms with van der Waals surface area (Å²) in [5.41, 5.74) is 0.422. The zero-order valence-corrected chi connectivity index (χ0v) is 13.5. The lowest BCUT2D eigenvalue weighted by Crippen LogP contribution is -2.27. The number of hydrogen-bond acceptors (Lipinski definition) is 3. The molecule has 1 aliphatic rings. The lowest BCUT2D eigenvalue weighted by Gasteiger charge is -2.20. The van der Waals surface area contributed by atoms with E-state index < -0.39 is 17.1 Å². The first-order valence-electron chi connectivity index (χ1n) is 6.95. The molecule has 0 unspecified atom stereocenters. The van der Waals surface area contributed by atoms with Crippen LogP contribution in [0.1, 0.15) is 46.1 Å². The van der Waals surface area contributed by atoms with Crippen molar-refractivity contribution in [2.75, 3.05) is 5.32 Å². The average Bonchev–Trinajstić information content (AvgIpc) is 3.07. The summed E-state index contributed by atoms with van der Waals surface area (Å²) < 4.78 is 5.18. The van der Waals surface area contributed by atoms with Crippen LogP contribution in [0.2, 0.25) is 5.02 Å². The second-order valence-electron chi connectivity index (χ2n) is 6.46. The van der Waals surface area contributed by atoms with E-state index in [1.54, 1.807) is 39.8 Å². The zero-order chi connectivity index (χ0) is 15.8. The fourth-order valence-corrected chi connectivity index (χ4v) is 2.70. The Morgan fingerprint density at radius 3 is 2.33 bits per heavy atom. The minimum absolute atomic E-state index is 0.136. The Labute approximate surface area is 129 Å². The summed E-state index contributed by atoms with van der Waals surface area (Å²) in [6, 6.07) is 5.21. The van der Waals surface area contributed by atoms with Crippen molar-refractivity contribution in [3.05, 3.63) is 28.8 Å². The van der Waals surface area contributed by atoms with E-state index in [1.807, 2.05) is 6.07 Å². The molecule has 0 atom stereocenters. The molecular formula is C16H20ClNO3. The van der Waals surface area contributed by atoms with Crippen molar-refractivity contribution in [2.45, 2.75) is 51.6 Å². The summed E-state index contributed by atoms with van der Waals surface area (Å²) in [5.74, 6) is 0.136. The lowest BCUT2D eigenvalue weighted by atomic mass is 9.92. The number of Topliss-reactive ketones (excluding diaryl/α,β-unsaturated/α-hetero) is 1. The van der Waals surface area contributed by atoms with Gasteiger partial charge in [0, 0.05) is 10.7 Å². The van der Waals surface area contributed by atoms with Crippen LogP contribution in [-0.2, 0) is 14.9 Å². The predicted octanol–water partition coefficient (Wildman–Crippen LogP) is 4.31. The lowest BCUT2D eigenvalue weighted by molar-refractivity contribution is -0.119. The summed E-state index contributed by atoms with van der Waals surface area (Å²) >= 11 is 6.27. The highest BCUT2D eigenvalue weighted by atomic mass is 35.5. The molecule has 0 radical (unpaired) electrons. The highest BCUT2D eigenvalue weighted by Gasteiger charge is 2.49. The molecule has 1 amide bonds. The van der Waals surface area contributed by atoms with Crippen molar-refractivity contribution < 1.29 is 14.3 Å². The number of carbonyl (C=O) groups is 2. The molecule has 0 saturated heterocycles. The number of halogens is 1. The van der Waals surface area contributed by atoms with E-state index in [4.69, 9.17) is 16.3 Å². The van der Waals surface area contributed by atoms with Crippen LogP contribution in [0.25, 0.3) is 0 Å². The molecule has 1 aliphatic carbocycles. The fourth-order valence-electron chi connectivity index (χ4n) is 2.34. The molecule has 114 valence electrons. The van der Waals surface area contributed by atoms with E-state index in [0.717, 1.165) is 18.4 Å². The molecule has 0 bridgehead atoms. The smallest absolute Gasteiger partial charge is 0.412 e. The standard InChI is InChI=1S/C16H20ClNO3/c1-10(19)16(7-8-16)12-6-5-11(9-13(12)17)18-14(20)21-15(2,3)4/h5-6,9H,7-8H2,1-4H3,(H,18,20). The summed E-state index contributed by atoms with van der Waals surface area (Å²) in [4.78, 5) is 23.5. The molecule has 21 heavy (non-hydrogen) atoms. The van der Waals surface area contributed by atoms with Crippen molar-refractivity contribution in [2.24, 2.45) is 0 Å². The number of amides is 1. The van der Waals surface area contributed by atoms with E-state index in [1.165, 1.54) is 0 Å². The highest BCUT2D eigenvalue weighted by molar-refractivity contribution is 6.32. The van der Waals surface area contributed by atoms with E-state index >= 15 is 0 Å². The topological polar surface area (TPSA) is 55.4 Å². The Bertz CT molecular complexity index is 586. The van der Waals surface area contributed by atoms with Gasteiger partial charge in [0.2, 0.25) is 0 Å². The Balaban J connectivity index is 2.13. The number of hydrogen-bond donors (Lipinski definition) is 1. The van der Waals surface area contributed by atoms with Gasteiger partial charge in [-0.05, 0) is 58.2 Å². The fraction of sp³-hybridized carbons (Fsp3) is 0.500. The summed E-state index contributed by atoms with van der Waals surface area (Å²) in [6.07, 6.45) is 1.14. The third-order valence-corrected chi connectivity index (χ3v) is 3.87. The first-order chi connectivity index (χ1) is 9.64. The van der Waals surface area contributed by atoms with Crippen LogP contribution in [-0.4, -0.2) is 17.5 Å². The van der Waals surface area contributed by atoms with Gasteiger partial charge in [-0.15, -0.1) is 0 Å². The van der Waals surface area contributed by atoms with Gasteiger partial charge in [-0.2, -0.15) is 0 Å². The predicted molar refractivity (Wildman–Crippen MR) is 82.9 cm³/mol. The molecule has 1 aromatic rings. The number of ether oxygens (including phenoxy) is 1. The van der Waals surface area contributed by atoms with Gasteiger partial charge in [0.15, 0.2) is 0 Å². The quantitative estimate of drug-likeness (QED) is 0.905. The van der Waals surface area contributed by atoms with Gasteiger partial charge in [0.1, 0.15) is 11.4 Å². The van der Waals surface area contributed by atoms with Gasteiger partial charge in [-0.1, -0.05) is 17.7 Å². The van der Waals surface area contributed by atoms with Crippen molar-refractivity contribution in [1.29, 1.82) is 0 Å². The molecule has 0 aromatic heterocycles. The molecule has 1 fully saturated rings. The monoisotopic (exact) mass is 309 g/mol. The molecule has 1 saturated carbocycles. The van der Waals surface area contributed by atoms with Gasteiger partial charge in [0.25, 0.3) is 0 Å². The first kappa shape index (κ1) is 15.8. The van der Waals surface area contributed by atoms with Crippen LogP contribution in [0.4, 0.5) is 10.5 Å². The largest absolute Gasteiger partial charge is 0.444 e. The maximum atomic E-state index is 11.8. The molecule has 4 nitrogen and oxygen atoms in total. The second kappa shape index (κ2) is 5.34. The Morgan fingerprint density at radius 1 is 1.29 bits per heavy atom. The Hall–Kier alpha value is -1.55. The third kappa shape index (κ3) is 3.56. The normalized spacial score (nSPS) is 16.2. The van der Waals surface area contributed by atoms with Crippen LogP contribution < -0.4 is 5.32 Å². The maximum Gasteiger partial charge on any atom is 0.412 e. The van der Waals surface area contributed by atoms with E-state index in [9.17, 15) is 9.59 Å². The van der Waals surface area contributed by atoms with Gasteiger partial charge < -0.3 is 4.74 Å². The van der Waals surface area contributed by atoms with Crippen molar-refractivity contribution in [3.63, 3.8) is 0 Å². The molecule has 0 aliphatic heterocycles. The first-order valence-corrected chi connectivity index (χ1v) is 7.33. The molecule has 1 N–H and O–H groups in total. The Kier molecular flexibility index (Phi) is 4.02. The molecule has 0 spiro atoms. The van der Waals surface area contributed by atoms with Crippen molar-refractivity contribution in [3.8, 4) is 0 Å². The van der Waals surface area contributed by atoms with E-state index in [0.29, 0.717) is 10.7 Å². The molecular weight excluding hydrogens is 290 g/mol. The molecule has 0 heterocycles. The van der Waals surface area contributed by atoms with Crippen molar-refractivity contribution in [1.82, 2.24) is 0 Å². The summed E-state index contributed by atoms with van der Waals surface area (Å²) in [5, 5.41) is 3.13. The van der Waals surface area contributed by atoms with Crippen molar-refractivity contribution >= 4 is 29.2 Å². The minimum atomic E-state index is -0.555. The number of ketones is 1. The second-order valence-corrected chi connectivity index (χ2v) is 6.87. The van der Waals surface area contributed by atoms with Crippen LogP contribution in [0.5, 0.6) is 0 Å². The number of rotatable bonds is 3. The van der Waals surface area contributed by atoms with Crippen LogP contribution >= 0.6 is 11.6 Å². The van der Waals surface area contributed by atoms with Crippen LogP contribution in [0.3, 0.4) is 0 Å². The molecule has 1 aromatic carbocycles. The summed E-state index contributed by atoms with van der Waals surface area (Å²) in [7, 11) is 0. The van der Waals surface area contributed by atoms with Gasteiger partial charge >= 0.3 is 6.09 Å². The van der Waals surface area contributed by atoms with Gasteiger partial charge in [-0.25, -0.2) is 4.79 Å². The van der Waals surface area contributed by atoms with E-state index in [-0.39, 0.29) is 5.78 Å². The van der Waals surface area contributed by atoms with E-state index in [2.05, 4.69) is 5.32 Å². The zero-order valence-electron chi connectivity index (χ0n) is 12.7. The maximum absolute atomic E-state index is 11.8. The average molecular weight is 310 g/mol. The number of carbonyl (C=O) groups excluding carboxylic acids is 2. The number of anilines is 1. The SMILES string of the molecule is CC(=O)C1(c2ccc(NC(=O)OC(C)(C)C)cc2Cl)CC1. The van der Waals surface area contributed by atoms with Gasteiger partial charge in [0.05, 0.1) is 5.41 Å². The molecule has 2 rings (SSSR count). The Morgan fingerprint density at radius 2 is 1.90 bits per heavy atom. The van der Waals surface area contributed by atoms with Gasteiger partial charge in [-0.3, -0.25) is 10.1 Å². The number of benzene rings is 1. The third-order valence-electron chi connectivity index (χ3n) is 3.55. The van der Waals surface area contributed by atoms with Crippen LogP contribution in [0, 0.1) is 0 Å². The minimum Gasteiger partial charge on any atom is -0.444 e.